The average molecular weight is 2080 g/mol. The Balaban J connectivity index is 0.000000211. The van der Waals surface area contributed by atoms with Crippen LogP contribution in [0.2, 0.25) is 25.1 Å². The third kappa shape index (κ3) is 24.0. The zero-order valence-electron chi connectivity index (χ0n) is 64.4. The van der Waals surface area contributed by atoms with Crippen LogP contribution in [0.4, 0.5) is 100 Å². The van der Waals surface area contributed by atoms with Gasteiger partial charge in [-0.25, -0.2) is 121 Å². The minimum Gasteiger partial charge on any atom is -0.491 e. The summed E-state index contributed by atoms with van der Waals surface area (Å²) in [5, 5.41) is 25.5. The normalized spacial score (nSPS) is 10.8. The highest BCUT2D eigenvalue weighted by Crippen LogP contribution is 2.42. The lowest BCUT2D eigenvalue weighted by molar-refractivity contribution is -0.140. The Hall–Kier alpha value is -13.1. The fraction of sp³-hybridized carbons (Fsp3) is 0.103. The van der Waals surface area contributed by atoms with Crippen LogP contribution in [0.5, 0.6) is 11.5 Å². The Morgan fingerprint density at radius 3 is 1.26 bits per heavy atom. The molecule has 0 aliphatic rings. The average Bonchev–Trinajstić information content (AvgIpc) is 0.784. The molecule has 0 atom stereocenters. The van der Waals surface area contributed by atoms with Crippen molar-refractivity contribution in [3.05, 3.63) is 252 Å². The van der Waals surface area contributed by atoms with Gasteiger partial charge < -0.3 is 73.4 Å². The highest BCUT2D eigenvalue weighted by molar-refractivity contribution is 14.1. The first-order valence-electron chi connectivity index (χ1n) is 34.0. The predicted molar refractivity (Wildman–Crippen MR) is 448 cm³/mol. The van der Waals surface area contributed by atoms with E-state index in [1.807, 2.05) is 42.5 Å². The third-order valence-corrected chi connectivity index (χ3v) is 19.6. The maximum absolute atomic E-state index is 14.2. The number of esters is 3. The van der Waals surface area contributed by atoms with Crippen molar-refractivity contribution in [1.29, 1.82) is 0 Å². The third-order valence-electron chi connectivity index (χ3n) is 16.3. The summed E-state index contributed by atoms with van der Waals surface area (Å²) in [6.07, 6.45) is -11.5. The number of anilines is 6. The molecule has 28 nitrogen and oxygen atoms in total. The molecule has 0 bridgehead atoms. The number of nitrogens with two attached hydrogens (primary N) is 6. The van der Waals surface area contributed by atoms with Crippen molar-refractivity contribution < 1.29 is 134 Å². The van der Waals surface area contributed by atoms with E-state index in [2.05, 4.69) is 92.6 Å². The summed E-state index contributed by atoms with van der Waals surface area (Å²) in [4.78, 5) is 98.9. The maximum Gasteiger partial charge on any atom is 0.419 e. The number of alkyl halides is 7. The number of hydrogen-bond acceptors (Lipinski definition) is 25. The van der Waals surface area contributed by atoms with Crippen LogP contribution < -0.4 is 43.9 Å². The van der Waals surface area contributed by atoms with Crippen molar-refractivity contribution in [3.63, 3.8) is 0 Å². The molecule has 0 amide bonds. The van der Waals surface area contributed by atoms with Gasteiger partial charge in [-0.2, -0.15) is 13.2 Å². The number of nitrogens with zero attached hydrogens (tertiary/aromatic N) is 8. The molecule has 6 heterocycles. The fourth-order valence-electron chi connectivity index (χ4n) is 10.2. The van der Waals surface area contributed by atoms with E-state index < -0.39 is 179 Å². The van der Waals surface area contributed by atoms with E-state index in [0.717, 1.165) is 28.4 Å². The van der Waals surface area contributed by atoms with Crippen molar-refractivity contribution in [1.82, 2.24) is 39.9 Å². The Morgan fingerprint density at radius 1 is 0.406 bits per heavy atom. The standard InChI is InChI=1S/C14H8ClF5N2O2.C13H11BrFN3O3.C13H6ClF5N2O2.C13H7ClF4N2O2.C13H13N3O3.C12H7Cl2IN2O2/c1-24-14(23)12-8(15)10(21)9(18)11(22-12)4-2-7(17)5(13(19)20)3-6(4)16;1-20-10-9(13(19)21-2)17-12(18-11(10)16)6-3-4-7(14)8(15)5-6;14-8-6(20)3-7(21-11(8)12(22)23)4-1-2-5(13(17,18)19)10(16)9(4)15;14-10-8(19)3-9(20-11(10)13(21)22)4-1-7(16)5(12(17)18)2-6(4)15;1-18-10-9(13(17)19-2)15-12(16-11(10)14)8-6-4-3-5-7-8;13-7-9(16)8(14)11(12(18)19)17-10(7)5-1-3-6(15)4-2-5/h2-3,13H,1H3,(H2,21,22);3-5H,1-2H3,(H2,16,17,18);1-3H,(H2,20,21)(H,22,23);1-3,12H,(H2,19,20)(H,21,22);3-7H,1-2H3,(H2,14,15,16);1-4H,(H2,16,17)(H,18,19). The van der Waals surface area contributed by atoms with Crippen LogP contribution in [-0.4, -0.2) is 127 Å². The van der Waals surface area contributed by atoms with E-state index in [9.17, 15) is 94.6 Å². The van der Waals surface area contributed by atoms with E-state index in [1.54, 1.807) is 18.2 Å². The number of hydrogen-bond donors (Lipinski definition) is 9. The number of nitrogen functional groups attached to an aromatic ring is 6. The first kappa shape index (κ1) is 102. The smallest absolute Gasteiger partial charge is 0.419 e. The van der Waals surface area contributed by atoms with Gasteiger partial charge in [-0.3, -0.25) is 0 Å². The van der Waals surface area contributed by atoms with Crippen molar-refractivity contribution >= 4 is 167 Å². The fourth-order valence-corrected chi connectivity index (χ4v) is 11.9. The van der Waals surface area contributed by atoms with Gasteiger partial charge in [0.2, 0.25) is 0 Å². The molecule has 0 fully saturated rings. The van der Waals surface area contributed by atoms with Gasteiger partial charge in [-0.05, 0) is 117 Å². The molecule has 0 spiro atoms. The monoisotopic (exact) mass is 2070 g/mol. The van der Waals surface area contributed by atoms with Crippen molar-refractivity contribution in [2.75, 3.05) is 70.0 Å². The molecule has 15 N–H and O–H groups in total. The molecule has 0 radical (unpaired) electrons. The van der Waals surface area contributed by atoms with E-state index in [4.69, 9.17) is 117 Å². The summed E-state index contributed by atoms with van der Waals surface area (Å²) in [5.41, 5.74) is 24.2. The summed E-state index contributed by atoms with van der Waals surface area (Å²) in [7, 11) is 6.18. The summed E-state index contributed by atoms with van der Waals surface area (Å²) in [5.74, 6) is -17.3. The molecular formula is C78H52BrCl5F15IN14O14. The first-order valence-corrected chi connectivity index (χ1v) is 37.7. The van der Waals surface area contributed by atoms with Gasteiger partial charge in [-0.1, -0.05) is 100 Å². The van der Waals surface area contributed by atoms with E-state index in [0.29, 0.717) is 57.4 Å². The minimum absolute atomic E-state index is 0.0105. The zero-order valence-corrected chi connectivity index (χ0v) is 71.9. The van der Waals surface area contributed by atoms with Crippen LogP contribution >= 0.6 is 96.5 Å². The lowest BCUT2D eigenvalue weighted by Crippen LogP contribution is -2.11. The molecule has 0 unspecified atom stereocenters. The number of rotatable bonds is 16. The molecule has 0 saturated heterocycles. The number of methoxy groups -OCH3 is 5. The lowest BCUT2D eigenvalue weighted by Gasteiger charge is -2.12. The molecule has 0 aliphatic carbocycles. The summed E-state index contributed by atoms with van der Waals surface area (Å²) in [6.45, 7) is 0. The molecule has 128 heavy (non-hydrogen) atoms. The molecule has 672 valence electrons. The highest BCUT2D eigenvalue weighted by atomic mass is 127. The number of halogens is 22. The summed E-state index contributed by atoms with van der Waals surface area (Å²) < 4.78 is 223. The molecule has 0 saturated carbocycles. The van der Waals surface area contributed by atoms with Gasteiger partial charge in [-0.15, -0.1) is 0 Å². The maximum atomic E-state index is 14.2. The molecule has 6 aromatic heterocycles. The Kier molecular flexibility index (Phi) is 35.0. The Bertz CT molecular complexity index is 6320. The molecule has 50 heteroatoms. The molecule has 12 rings (SSSR count). The van der Waals surface area contributed by atoms with Gasteiger partial charge in [0, 0.05) is 37.0 Å². The molecular weight excluding hydrogens is 2030 g/mol. The van der Waals surface area contributed by atoms with Crippen LogP contribution in [0.25, 0.3) is 67.8 Å². The van der Waals surface area contributed by atoms with Crippen molar-refractivity contribution in [3.8, 4) is 79.3 Å². The highest BCUT2D eigenvalue weighted by Gasteiger charge is 2.37. The number of carbonyl (C=O) groups excluding carboxylic acids is 3. The predicted octanol–water partition coefficient (Wildman–Crippen LogP) is 19.9. The van der Waals surface area contributed by atoms with Gasteiger partial charge in [0.25, 0.3) is 12.9 Å². The second kappa shape index (κ2) is 43.9. The van der Waals surface area contributed by atoms with Crippen molar-refractivity contribution in [2.24, 2.45) is 0 Å². The van der Waals surface area contributed by atoms with E-state index in [-0.39, 0.29) is 89.9 Å². The van der Waals surface area contributed by atoms with Gasteiger partial charge >= 0.3 is 42.0 Å². The minimum atomic E-state index is -5.08. The quantitative estimate of drug-likeness (QED) is 0.0188. The SMILES string of the molecule is COC(=O)c1nc(-c2cc(F)c(C(F)F)cc2F)c(F)c(N)c1Cl.COC(=O)c1nc(-c2ccc(Br)c(F)c2)nc(N)c1OC.COC(=O)c1nc(-c2ccccc2)nc(N)c1OC.Nc1c(Cl)c(C(=O)O)nc(-c2ccc(I)cc2)c1Cl.Nc1cc(-c2cc(F)c(C(F)F)cc2F)nc(C(=O)O)c1Cl.Nc1cc(-c2ccc(C(F)(F)F)c(F)c2F)nc(C(=O)O)c1Cl. The van der Waals surface area contributed by atoms with Crippen LogP contribution in [0.15, 0.2) is 126 Å². The second-order valence-electron chi connectivity index (χ2n) is 24.3. The Morgan fingerprint density at radius 2 is 0.820 bits per heavy atom. The van der Waals surface area contributed by atoms with Crippen LogP contribution in [0.1, 0.15) is 92.5 Å². The Labute approximate surface area is 755 Å². The summed E-state index contributed by atoms with van der Waals surface area (Å²) in [6, 6.07) is 25.1. The van der Waals surface area contributed by atoms with Gasteiger partial charge in [0.05, 0.1) is 122 Å². The number of aromatic carboxylic acids is 3. The number of carboxylic acid groups (broad SMARTS) is 3. The van der Waals surface area contributed by atoms with E-state index >= 15 is 0 Å². The van der Waals surface area contributed by atoms with Crippen LogP contribution in [-0.2, 0) is 20.4 Å². The van der Waals surface area contributed by atoms with Gasteiger partial charge in [0.1, 0.15) is 34.8 Å². The number of aromatic nitrogens is 8. The van der Waals surface area contributed by atoms with E-state index in [1.165, 1.54) is 40.6 Å². The van der Waals surface area contributed by atoms with Crippen LogP contribution in [0.3, 0.4) is 0 Å². The molecule has 0 aliphatic heterocycles. The van der Waals surface area contributed by atoms with Gasteiger partial charge in [0.15, 0.2) is 86.4 Å². The second-order valence-corrected chi connectivity index (χ2v) is 28.3. The lowest BCUT2D eigenvalue weighted by atomic mass is 10.1. The molecule has 12 aromatic rings. The topological polar surface area (TPSA) is 468 Å². The first-order chi connectivity index (χ1) is 60.0. The number of carbonyl (C=O) groups is 6. The number of ether oxygens (including phenoxy) is 5. The van der Waals surface area contributed by atoms with Crippen LogP contribution in [0, 0.1) is 50.1 Å². The number of benzene rings is 6. The molecule has 6 aromatic carbocycles. The van der Waals surface area contributed by atoms with Crippen molar-refractivity contribution in [2.45, 2.75) is 19.0 Å². The zero-order chi connectivity index (χ0) is 95.9. The number of carboxylic acids is 3. The number of pyridine rings is 4. The summed E-state index contributed by atoms with van der Waals surface area (Å²) >= 11 is 34.1. The largest absolute Gasteiger partial charge is 0.491 e.